The summed E-state index contributed by atoms with van der Waals surface area (Å²) in [5, 5.41) is 5.12. The van der Waals surface area contributed by atoms with E-state index >= 15 is 0 Å². The largest absolute Gasteiger partial charge is 0.497 e. The van der Waals surface area contributed by atoms with Crippen LogP contribution >= 0.6 is 0 Å². The molecule has 174 valence electrons. The Morgan fingerprint density at radius 3 is 2.32 bits per heavy atom. The lowest BCUT2D eigenvalue weighted by molar-refractivity contribution is -0.132. The molecule has 0 aliphatic carbocycles. The monoisotopic (exact) mass is 457 g/mol. The number of carbonyl (C=O) groups excluding carboxylic acids is 1. The maximum Gasteiger partial charge on any atom is 0.262 e. The van der Waals surface area contributed by atoms with Gasteiger partial charge in [0.25, 0.3) is 5.56 Å². The number of methoxy groups -OCH3 is 1. The highest BCUT2D eigenvalue weighted by molar-refractivity contribution is 5.83. The lowest BCUT2D eigenvalue weighted by atomic mass is 10.2. The number of carbonyl (C=O) groups is 1. The van der Waals surface area contributed by atoms with Crippen molar-refractivity contribution in [3.8, 4) is 11.4 Å². The molecule has 4 aromatic rings. The quantitative estimate of drug-likeness (QED) is 0.461. The highest BCUT2D eigenvalue weighted by Crippen LogP contribution is 2.21. The Kier molecular flexibility index (Phi) is 5.79. The van der Waals surface area contributed by atoms with Crippen molar-refractivity contribution in [2.24, 2.45) is 0 Å². The van der Waals surface area contributed by atoms with Gasteiger partial charge in [-0.3, -0.25) is 9.59 Å². The average Bonchev–Trinajstić information content (AvgIpc) is 3.23. The molecule has 5 rings (SSSR count). The molecular weight excluding hydrogens is 430 g/mol. The number of benzene rings is 2. The van der Waals surface area contributed by atoms with Gasteiger partial charge in [-0.2, -0.15) is 5.10 Å². The minimum Gasteiger partial charge on any atom is -0.497 e. The van der Waals surface area contributed by atoms with Gasteiger partial charge in [0.1, 0.15) is 12.3 Å². The molecule has 0 atom stereocenters. The fraction of sp³-hybridized carbons (Fsp3) is 0.269. The summed E-state index contributed by atoms with van der Waals surface area (Å²) in [7, 11) is 1.65. The molecule has 2 aromatic heterocycles. The maximum atomic E-state index is 13.2. The standard InChI is InChI=1S/C26H27N5O3/c1-19-25-23(31(27-19)21-6-4-3-5-7-21)12-13-30(26(25)33)18-24(32)29-16-14-28(15-17-29)20-8-10-22(34-2)11-9-20/h3-13H,14-18H2,1-2H3. The number of aromatic nitrogens is 3. The minimum absolute atomic E-state index is 0.0211. The van der Waals surface area contributed by atoms with Crippen molar-refractivity contribution in [1.82, 2.24) is 19.2 Å². The first-order valence-electron chi connectivity index (χ1n) is 11.4. The summed E-state index contributed by atoms with van der Waals surface area (Å²) in [5.74, 6) is 0.772. The number of aryl methyl sites for hydroxylation is 1. The van der Waals surface area contributed by atoms with Crippen molar-refractivity contribution in [2.45, 2.75) is 13.5 Å². The van der Waals surface area contributed by atoms with Crippen molar-refractivity contribution in [1.29, 1.82) is 0 Å². The normalized spacial score (nSPS) is 13.9. The number of para-hydroxylation sites is 1. The number of piperazine rings is 1. The SMILES string of the molecule is COc1ccc(N2CCN(C(=O)Cn3ccc4c(c(C)nn4-c4ccccc4)c3=O)CC2)cc1. The van der Waals surface area contributed by atoms with Crippen LogP contribution in [0.4, 0.5) is 5.69 Å². The Bertz CT molecular complexity index is 1370. The van der Waals surface area contributed by atoms with Crippen LogP contribution in [0.5, 0.6) is 5.75 Å². The lowest BCUT2D eigenvalue weighted by Gasteiger charge is -2.36. The van der Waals surface area contributed by atoms with Gasteiger partial charge in [0.15, 0.2) is 0 Å². The molecule has 1 fully saturated rings. The number of rotatable bonds is 5. The van der Waals surface area contributed by atoms with E-state index in [2.05, 4.69) is 10.00 Å². The van der Waals surface area contributed by atoms with Gasteiger partial charge in [-0.15, -0.1) is 0 Å². The van der Waals surface area contributed by atoms with Crippen molar-refractivity contribution >= 4 is 22.5 Å². The Labute approximate surface area is 197 Å². The summed E-state index contributed by atoms with van der Waals surface area (Å²) >= 11 is 0. The molecule has 0 unspecified atom stereocenters. The number of ether oxygens (including phenoxy) is 1. The molecule has 1 aliphatic rings. The van der Waals surface area contributed by atoms with Gasteiger partial charge in [0, 0.05) is 38.1 Å². The van der Waals surface area contributed by atoms with Gasteiger partial charge in [-0.25, -0.2) is 4.68 Å². The second-order valence-electron chi connectivity index (χ2n) is 8.41. The van der Waals surface area contributed by atoms with Gasteiger partial charge in [0.2, 0.25) is 5.91 Å². The molecule has 0 N–H and O–H groups in total. The number of nitrogens with zero attached hydrogens (tertiary/aromatic N) is 5. The number of hydrogen-bond acceptors (Lipinski definition) is 5. The Hall–Kier alpha value is -4.07. The first-order chi connectivity index (χ1) is 16.5. The highest BCUT2D eigenvalue weighted by atomic mass is 16.5. The van der Waals surface area contributed by atoms with Crippen LogP contribution in [-0.4, -0.2) is 58.4 Å². The van der Waals surface area contributed by atoms with Gasteiger partial charge in [-0.1, -0.05) is 18.2 Å². The van der Waals surface area contributed by atoms with Crippen LogP contribution < -0.4 is 15.2 Å². The zero-order chi connectivity index (χ0) is 23.7. The van der Waals surface area contributed by atoms with Crippen LogP contribution in [0.3, 0.4) is 0 Å². The predicted octanol–water partition coefficient (Wildman–Crippen LogP) is 2.85. The molecule has 1 amide bonds. The molecule has 0 bridgehead atoms. The van der Waals surface area contributed by atoms with Crippen LogP contribution in [0.1, 0.15) is 5.69 Å². The summed E-state index contributed by atoms with van der Waals surface area (Å²) in [6.07, 6.45) is 1.69. The van der Waals surface area contributed by atoms with E-state index < -0.39 is 0 Å². The maximum absolute atomic E-state index is 13.2. The molecule has 34 heavy (non-hydrogen) atoms. The summed E-state index contributed by atoms with van der Waals surface area (Å²) in [4.78, 5) is 30.3. The van der Waals surface area contributed by atoms with Gasteiger partial charge < -0.3 is 19.1 Å². The fourth-order valence-electron chi connectivity index (χ4n) is 4.48. The predicted molar refractivity (Wildman–Crippen MR) is 132 cm³/mol. The molecule has 1 aliphatic heterocycles. The molecule has 1 saturated heterocycles. The van der Waals surface area contributed by atoms with Crippen molar-refractivity contribution in [2.75, 3.05) is 38.2 Å². The van der Waals surface area contributed by atoms with Crippen LogP contribution in [0, 0.1) is 6.92 Å². The molecule has 0 spiro atoms. The third kappa shape index (κ3) is 4.03. The second-order valence-corrected chi connectivity index (χ2v) is 8.41. The van der Waals surface area contributed by atoms with Crippen LogP contribution in [0.25, 0.3) is 16.6 Å². The Morgan fingerprint density at radius 1 is 0.941 bits per heavy atom. The van der Waals surface area contributed by atoms with E-state index in [1.807, 2.05) is 72.5 Å². The smallest absolute Gasteiger partial charge is 0.262 e. The Morgan fingerprint density at radius 2 is 1.65 bits per heavy atom. The number of anilines is 1. The molecule has 8 heteroatoms. The van der Waals surface area contributed by atoms with E-state index in [9.17, 15) is 9.59 Å². The summed E-state index contributed by atoms with van der Waals surface area (Å²) in [6.45, 7) is 4.57. The molecule has 0 saturated carbocycles. The van der Waals surface area contributed by atoms with Crippen molar-refractivity contribution in [3.05, 3.63) is 82.9 Å². The van der Waals surface area contributed by atoms with Crippen molar-refractivity contribution < 1.29 is 9.53 Å². The van der Waals surface area contributed by atoms with Gasteiger partial charge in [-0.05, 0) is 49.4 Å². The number of pyridine rings is 1. The van der Waals surface area contributed by atoms with E-state index in [-0.39, 0.29) is 18.0 Å². The molecule has 8 nitrogen and oxygen atoms in total. The number of hydrogen-bond donors (Lipinski definition) is 0. The van der Waals surface area contributed by atoms with Gasteiger partial charge in [0.05, 0.1) is 29.4 Å². The van der Waals surface area contributed by atoms with Crippen molar-refractivity contribution in [3.63, 3.8) is 0 Å². The zero-order valence-corrected chi connectivity index (χ0v) is 19.3. The summed E-state index contributed by atoms with van der Waals surface area (Å²) in [6, 6.07) is 19.5. The van der Waals surface area contributed by atoms with Gasteiger partial charge >= 0.3 is 0 Å². The zero-order valence-electron chi connectivity index (χ0n) is 19.3. The average molecular weight is 458 g/mol. The molecule has 2 aromatic carbocycles. The Balaban J connectivity index is 1.30. The van der Waals surface area contributed by atoms with E-state index in [1.54, 1.807) is 18.0 Å². The number of amides is 1. The molecular formula is C26H27N5O3. The van der Waals surface area contributed by atoms with E-state index in [0.29, 0.717) is 24.2 Å². The van der Waals surface area contributed by atoms with Crippen LogP contribution in [0.2, 0.25) is 0 Å². The third-order valence-corrected chi connectivity index (χ3v) is 6.36. The van der Waals surface area contributed by atoms with Crippen LogP contribution in [0.15, 0.2) is 71.7 Å². The minimum atomic E-state index is -0.192. The molecule has 3 heterocycles. The molecule has 0 radical (unpaired) electrons. The first-order valence-corrected chi connectivity index (χ1v) is 11.4. The summed E-state index contributed by atoms with van der Waals surface area (Å²) < 4.78 is 8.49. The third-order valence-electron chi connectivity index (χ3n) is 6.36. The summed E-state index contributed by atoms with van der Waals surface area (Å²) in [5.41, 5.74) is 3.20. The second kappa shape index (κ2) is 9.05. The lowest BCUT2D eigenvalue weighted by Crippen LogP contribution is -2.50. The van der Waals surface area contributed by atoms with E-state index in [1.165, 1.54) is 4.57 Å². The fourth-order valence-corrected chi connectivity index (χ4v) is 4.48. The van der Waals surface area contributed by atoms with E-state index in [0.717, 1.165) is 35.7 Å². The highest BCUT2D eigenvalue weighted by Gasteiger charge is 2.22. The topological polar surface area (TPSA) is 72.6 Å². The first kappa shape index (κ1) is 21.8. The van der Waals surface area contributed by atoms with E-state index in [4.69, 9.17) is 4.74 Å². The van der Waals surface area contributed by atoms with Crippen LogP contribution in [-0.2, 0) is 11.3 Å². The number of fused-ring (bicyclic) bond motifs is 1.